The zero-order chi connectivity index (χ0) is 19.7. The number of halogens is 1. The van der Waals surface area contributed by atoms with Crippen molar-refractivity contribution in [2.24, 2.45) is 5.92 Å². The van der Waals surface area contributed by atoms with Crippen LogP contribution in [0.15, 0.2) is 18.2 Å². The Balaban J connectivity index is 1.55. The third-order valence-corrected chi connectivity index (χ3v) is 5.50. The Morgan fingerprint density at radius 1 is 1.14 bits per heavy atom. The summed E-state index contributed by atoms with van der Waals surface area (Å²) in [4.78, 5) is 21.6. The van der Waals surface area contributed by atoms with Gasteiger partial charge in [0, 0.05) is 17.8 Å². The lowest BCUT2D eigenvalue weighted by atomic mass is 9.86. The van der Waals surface area contributed by atoms with Gasteiger partial charge in [-0.05, 0) is 32.3 Å². The first-order chi connectivity index (χ1) is 13.5. The fourth-order valence-electron chi connectivity index (χ4n) is 3.89. The van der Waals surface area contributed by atoms with E-state index >= 15 is 0 Å². The highest BCUT2D eigenvalue weighted by molar-refractivity contribution is 6.11. The van der Waals surface area contributed by atoms with Gasteiger partial charge in [-0.25, -0.2) is 14.4 Å². The summed E-state index contributed by atoms with van der Waals surface area (Å²) in [6.45, 7) is 3.63. The zero-order valence-corrected chi connectivity index (χ0v) is 16.2. The molecule has 2 N–H and O–H groups in total. The average molecular weight is 381 g/mol. The molecule has 0 atom stereocenters. The van der Waals surface area contributed by atoms with Crippen molar-refractivity contribution in [1.29, 1.82) is 0 Å². The van der Waals surface area contributed by atoms with Crippen LogP contribution in [-0.4, -0.2) is 26.1 Å². The summed E-state index contributed by atoms with van der Waals surface area (Å²) in [6, 6.07) is 4.34. The second kappa shape index (κ2) is 7.66. The van der Waals surface area contributed by atoms with E-state index in [2.05, 4.69) is 25.5 Å². The number of carbonyl (C=O) groups is 1. The molecule has 1 aliphatic rings. The second-order valence-corrected chi connectivity index (χ2v) is 7.66. The van der Waals surface area contributed by atoms with Crippen molar-refractivity contribution in [1.82, 2.24) is 20.2 Å². The van der Waals surface area contributed by atoms with Crippen molar-refractivity contribution in [3.63, 3.8) is 0 Å². The molecule has 1 amide bonds. The molecule has 6 nitrogen and oxygen atoms in total. The Kier molecular flexibility index (Phi) is 5.07. The van der Waals surface area contributed by atoms with Crippen molar-refractivity contribution in [2.75, 3.05) is 5.32 Å². The number of nitrogens with one attached hydrogen (secondary N) is 2. The molecule has 0 bridgehead atoms. The van der Waals surface area contributed by atoms with Crippen LogP contribution in [0, 0.1) is 25.6 Å². The molecule has 1 saturated carbocycles. The van der Waals surface area contributed by atoms with Gasteiger partial charge in [-0.15, -0.1) is 0 Å². The highest BCUT2D eigenvalue weighted by Gasteiger charge is 2.18. The number of H-pyrrole nitrogens is 1. The summed E-state index contributed by atoms with van der Waals surface area (Å²) >= 11 is 0. The number of aromatic nitrogens is 4. The molecule has 1 fully saturated rings. The molecule has 2 heterocycles. The van der Waals surface area contributed by atoms with Gasteiger partial charge in [0.05, 0.1) is 22.5 Å². The monoisotopic (exact) mass is 381 g/mol. The minimum absolute atomic E-state index is 0.155. The molecule has 7 heteroatoms. The summed E-state index contributed by atoms with van der Waals surface area (Å²) in [5.74, 6) is 0.143. The van der Waals surface area contributed by atoms with Crippen LogP contribution in [-0.2, 0) is 6.42 Å². The topological polar surface area (TPSA) is 83.6 Å². The Hall–Kier alpha value is -2.83. The van der Waals surface area contributed by atoms with Crippen LogP contribution < -0.4 is 5.32 Å². The van der Waals surface area contributed by atoms with Crippen molar-refractivity contribution >= 4 is 22.8 Å². The van der Waals surface area contributed by atoms with E-state index < -0.39 is 11.7 Å². The number of amides is 1. The SMILES string of the molecule is Cc1nc2cc(F)cc(C(=O)Nc3cc(CC4CCCCC4)[nH]n3)c2nc1C. The molecule has 1 aromatic carbocycles. The van der Waals surface area contributed by atoms with Gasteiger partial charge in [-0.2, -0.15) is 5.10 Å². The van der Waals surface area contributed by atoms with Gasteiger partial charge in [-0.1, -0.05) is 32.1 Å². The van der Waals surface area contributed by atoms with Crippen molar-refractivity contribution in [2.45, 2.75) is 52.4 Å². The number of fused-ring (bicyclic) bond motifs is 1. The maximum absolute atomic E-state index is 14.0. The van der Waals surface area contributed by atoms with E-state index in [9.17, 15) is 9.18 Å². The van der Waals surface area contributed by atoms with Crippen molar-refractivity contribution < 1.29 is 9.18 Å². The summed E-state index contributed by atoms with van der Waals surface area (Å²) in [7, 11) is 0. The number of anilines is 1. The van der Waals surface area contributed by atoms with E-state index in [-0.39, 0.29) is 5.56 Å². The Morgan fingerprint density at radius 3 is 2.68 bits per heavy atom. The third-order valence-electron chi connectivity index (χ3n) is 5.50. The van der Waals surface area contributed by atoms with Crippen LogP contribution in [0.4, 0.5) is 10.2 Å². The second-order valence-electron chi connectivity index (χ2n) is 7.66. The van der Waals surface area contributed by atoms with Crippen molar-refractivity contribution in [3.8, 4) is 0 Å². The summed E-state index contributed by atoms with van der Waals surface area (Å²) in [5, 5.41) is 9.96. The third kappa shape index (κ3) is 3.88. The fourth-order valence-corrected chi connectivity index (χ4v) is 3.89. The molecular formula is C21H24FN5O. The highest BCUT2D eigenvalue weighted by atomic mass is 19.1. The number of carbonyl (C=O) groups excluding carboxylic acids is 1. The first kappa shape index (κ1) is 18.5. The predicted octanol–water partition coefficient (Wildman–Crippen LogP) is 4.48. The molecule has 1 aliphatic carbocycles. The minimum atomic E-state index is -0.518. The summed E-state index contributed by atoms with van der Waals surface area (Å²) < 4.78 is 14.0. The first-order valence-corrected chi connectivity index (χ1v) is 9.80. The normalized spacial score (nSPS) is 15.1. The summed E-state index contributed by atoms with van der Waals surface area (Å²) in [5.41, 5.74) is 3.35. The molecule has 0 saturated heterocycles. The molecule has 0 aliphatic heterocycles. The first-order valence-electron chi connectivity index (χ1n) is 9.80. The molecular weight excluding hydrogens is 357 g/mol. The Bertz CT molecular complexity index is 1020. The lowest BCUT2D eigenvalue weighted by Crippen LogP contribution is -2.14. The maximum atomic E-state index is 14.0. The molecule has 4 rings (SSSR count). The van der Waals surface area contributed by atoms with Gasteiger partial charge in [0.1, 0.15) is 11.3 Å². The number of aromatic amines is 1. The van der Waals surface area contributed by atoms with Crippen LogP contribution in [0.25, 0.3) is 11.0 Å². The van der Waals surface area contributed by atoms with E-state index in [1.807, 2.05) is 19.9 Å². The van der Waals surface area contributed by atoms with Gasteiger partial charge >= 0.3 is 0 Å². The maximum Gasteiger partial charge on any atom is 0.259 e. The lowest BCUT2D eigenvalue weighted by molar-refractivity contribution is 0.102. The van der Waals surface area contributed by atoms with Crippen LogP contribution >= 0.6 is 0 Å². The average Bonchev–Trinajstić information content (AvgIpc) is 3.10. The lowest BCUT2D eigenvalue weighted by Gasteiger charge is -2.20. The van der Waals surface area contributed by atoms with Gasteiger partial charge in [-0.3, -0.25) is 9.89 Å². The van der Waals surface area contributed by atoms with Gasteiger partial charge in [0.2, 0.25) is 0 Å². The number of hydrogen-bond acceptors (Lipinski definition) is 4. The molecule has 2 aromatic heterocycles. The van der Waals surface area contributed by atoms with Gasteiger partial charge < -0.3 is 5.32 Å². The highest BCUT2D eigenvalue weighted by Crippen LogP contribution is 2.27. The van der Waals surface area contributed by atoms with Crippen molar-refractivity contribution in [3.05, 3.63) is 46.7 Å². The Morgan fingerprint density at radius 2 is 1.89 bits per heavy atom. The standard InChI is InChI=1S/C21H24FN5O/c1-12-13(2)24-20-17(9-15(22)10-18(20)23-12)21(28)25-19-11-16(26-27-19)8-14-6-4-3-5-7-14/h9-11,14H,3-8H2,1-2H3,(H2,25,26,27,28). The van der Waals surface area contributed by atoms with Gasteiger partial charge in [0.25, 0.3) is 5.91 Å². The zero-order valence-electron chi connectivity index (χ0n) is 16.2. The predicted molar refractivity (Wildman–Crippen MR) is 106 cm³/mol. The van der Waals surface area contributed by atoms with Crippen LogP contribution in [0.2, 0.25) is 0 Å². The molecule has 3 aromatic rings. The molecule has 0 radical (unpaired) electrons. The number of rotatable bonds is 4. The van der Waals surface area contributed by atoms with E-state index in [1.165, 1.54) is 44.2 Å². The largest absolute Gasteiger partial charge is 0.305 e. The quantitative estimate of drug-likeness (QED) is 0.698. The number of nitrogens with zero attached hydrogens (tertiary/aromatic N) is 3. The number of aryl methyl sites for hydroxylation is 2. The van der Waals surface area contributed by atoms with Gasteiger partial charge in [0.15, 0.2) is 5.82 Å². The smallest absolute Gasteiger partial charge is 0.259 e. The van der Waals surface area contributed by atoms with E-state index in [1.54, 1.807) is 0 Å². The molecule has 0 unspecified atom stereocenters. The summed E-state index contributed by atoms with van der Waals surface area (Å²) in [6.07, 6.45) is 7.32. The van der Waals surface area contributed by atoms with E-state index in [4.69, 9.17) is 0 Å². The fraction of sp³-hybridized carbons (Fsp3) is 0.429. The number of benzene rings is 1. The Labute approximate surface area is 163 Å². The van der Waals surface area contributed by atoms with E-state index in [0.717, 1.165) is 12.1 Å². The molecule has 146 valence electrons. The molecule has 28 heavy (non-hydrogen) atoms. The minimum Gasteiger partial charge on any atom is -0.305 e. The van der Waals surface area contributed by atoms with Crippen LogP contribution in [0.3, 0.4) is 0 Å². The molecule has 0 spiro atoms. The van der Waals surface area contributed by atoms with E-state index in [0.29, 0.717) is 34.2 Å². The van der Waals surface area contributed by atoms with Crippen LogP contribution in [0.1, 0.15) is 59.5 Å². The van der Waals surface area contributed by atoms with Crippen LogP contribution in [0.5, 0.6) is 0 Å². The number of hydrogen-bond donors (Lipinski definition) is 2.